The molecule has 0 bridgehead atoms. The van der Waals surface area contributed by atoms with Gasteiger partial charge in [0.1, 0.15) is 16.5 Å². The van der Waals surface area contributed by atoms with Gasteiger partial charge in [0, 0.05) is 25.2 Å². The van der Waals surface area contributed by atoms with E-state index in [1.807, 2.05) is 0 Å². The van der Waals surface area contributed by atoms with E-state index < -0.39 is 10.0 Å². The molecule has 0 unspecified atom stereocenters. The van der Waals surface area contributed by atoms with E-state index in [1.54, 1.807) is 24.0 Å². The van der Waals surface area contributed by atoms with Gasteiger partial charge in [0.15, 0.2) is 0 Å². The number of carbonyl (C=O) groups excluding carboxylic acids is 1. The second-order valence-electron chi connectivity index (χ2n) is 8.47. The van der Waals surface area contributed by atoms with Crippen LogP contribution in [0.2, 0.25) is 0 Å². The molecule has 2 aliphatic rings. The second kappa shape index (κ2) is 9.19. The van der Waals surface area contributed by atoms with Crippen LogP contribution in [0.1, 0.15) is 53.6 Å². The van der Waals surface area contributed by atoms with Gasteiger partial charge >= 0.3 is 0 Å². The largest absolute Gasteiger partial charge is 0.495 e. The van der Waals surface area contributed by atoms with Gasteiger partial charge in [-0.1, -0.05) is 12.8 Å². The molecule has 0 spiro atoms. The smallest absolute Gasteiger partial charge is 0.258 e. The molecule has 0 radical (unpaired) electrons. The molecule has 1 saturated heterocycles. The average Bonchev–Trinajstić information content (AvgIpc) is 3.08. The summed E-state index contributed by atoms with van der Waals surface area (Å²) in [5, 5.41) is 0. The van der Waals surface area contributed by atoms with Crippen LogP contribution >= 0.6 is 0 Å². The minimum atomic E-state index is -3.80. The molecule has 4 rings (SSSR count). The number of aryl methyl sites for hydroxylation is 2. The Morgan fingerprint density at radius 1 is 1.00 bits per heavy atom. The monoisotopic (exact) mass is 460 g/mol. The molecule has 1 fully saturated rings. The van der Waals surface area contributed by atoms with E-state index in [9.17, 15) is 17.6 Å². The number of nitrogens with zero attached hydrogens (tertiary/aromatic N) is 2. The summed E-state index contributed by atoms with van der Waals surface area (Å²) >= 11 is 0. The molecule has 1 amide bonds. The van der Waals surface area contributed by atoms with E-state index in [1.165, 1.54) is 29.6 Å². The molecule has 2 aliphatic heterocycles. The lowest BCUT2D eigenvalue weighted by atomic mass is 9.97. The molecule has 172 valence electrons. The molecule has 2 aromatic carbocycles. The Hall–Kier alpha value is -2.45. The molecular formula is C24H29FN2O4S. The molecule has 0 saturated carbocycles. The van der Waals surface area contributed by atoms with Crippen molar-refractivity contribution in [3.05, 3.63) is 52.8 Å². The summed E-state index contributed by atoms with van der Waals surface area (Å²) in [6, 6.07) is 7.46. The van der Waals surface area contributed by atoms with Crippen LogP contribution in [0.15, 0.2) is 35.2 Å². The summed E-state index contributed by atoms with van der Waals surface area (Å²) < 4.78 is 47.6. The predicted octanol–water partition coefficient (Wildman–Crippen LogP) is 4.30. The Morgan fingerprint density at radius 2 is 1.72 bits per heavy atom. The van der Waals surface area contributed by atoms with Crippen LogP contribution in [0.25, 0.3) is 0 Å². The van der Waals surface area contributed by atoms with Gasteiger partial charge in [-0.25, -0.2) is 12.8 Å². The molecule has 0 aromatic heterocycles. The van der Waals surface area contributed by atoms with Crippen LogP contribution in [-0.2, 0) is 16.4 Å². The number of amides is 1. The van der Waals surface area contributed by atoms with Crippen molar-refractivity contribution in [1.29, 1.82) is 0 Å². The fraction of sp³-hybridized carbons (Fsp3) is 0.458. The molecule has 2 aromatic rings. The zero-order valence-electron chi connectivity index (χ0n) is 18.6. The second-order valence-corrected chi connectivity index (χ2v) is 10.4. The molecule has 2 heterocycles. The number of methoxy groups -OCH3 is 1. The summed E-state index contributed by atoms with van der Waals surface area (Å²) in [6.07, 6.45) is 5.08. The first-order valence-electron chi connectivity index (χ1n) is 11.1. The van der Waals surface area contributed by atoms with Crippen LogP contribution in [0.5, 0.6) is 5.75 Å². The number of anilines is 1. The fourth-order valence-electron chi connectivity index (χ4n) is 4.71. The van der Waals surface area contributed by atoms with E-state index in [0.717, 1.165) is 43.4 Å². The van der Waals surface area contributed by atoms with Crippen molar-refractivity contribution in [1.82, 2.24) is 4.31 Å². The summed E-state index contributed by atoms with van der Waals surface area (Å²) in [4.78, 5) is 15.1. The summed E-state index contributed by atoms with van der Waals surface area (Å²) in [6.45, 7) is 3.22. The number of fused-ring (bicyclic) bond motifs is 1. The quantitative estimate of drug-likeness (QED) is 0.682. The molecular weight excluding hydrogens is 431 g/mol. The summed E-state index contributed by atoms with van der Waals surface area (Å²) in [5.41, 5.74) is 2.48. The predicted molar refractivity (Wildman–Crippen MR) is 121 cm³/mol. The van der Waals surface area contributed by atoms with Gasteiger partial charge < -0.3 is 9.64 Å². The molecule has 32 heavy (non-hydrogen) atoms. The SMILES string of the molecule is COc1ccc(C(=O)N2CCCc3cc(F)cc(C)c32)cc1S(=O)(=O)N1CCCCCC1. The molecule has 8 heteroatoms. The standard InChI is InChI=1S/C24H29FN2O4S/c1-17-14-20(25)15-18-8-7-13-27(23(17)18)24(28)19-9-10-21(31-2)22(16-19)32(29,30)26-11-5-3-4-6-12-26/h9-10,14-16H,3-8,11-13H2,1-2H3. The van der Waals surface area contributed by atoms with Crippen molar-refractivity contribution < 1.29 is 22.3 Å². The van der Waals surface area contributed by atoms with Gasteiger partial charge in [0.25, 0.3) is 5.91 Å². The number of halogens is 1. The lowest BCUT2D eigenvalue weighted by molar-refractivity contribution is 0.0984. The lowest BCUT2D eigenvalue weighted by Gasteiger charge is -2.31. The maximum atomic E-state index is 13.9. The zero-order chi connectivity index (χ0) is 22.9. The topological polar surface area (TPSA) is 66.9 Å². The summed E-state index contributed by atoms with van der Waals surface area (Å²) in [7, 11) is -2.37. The van der Waals surface area contributed by atoms with Crippen molar-refractivity contribution in [3.8, 4) is 5.75 Å². The van der Waals surface area contributed by atoms with Crippen molar-refractivity contribution in [2.45, 2.75) is 50.3 Å². The molecule has 0 atom stereocenters. The third kappa shape index (κ3) is 4.26. The van der Waals surface area contributed by atoms with Crippen LogP contribution in [0, 0.1) is 12.7 Å². The van der Waals surface area contributed by atoms with Gasteiger partial charge in [-0.2, -0.15) is 4.31 Å². The van der Waals surface area contributed by atoms with Gasteiger partial charge in [0.05, 0.1) is 12.8 Å². The van der Waals surface area contributed by atoms with Gasteiger partial charge in [-0.15, -0.1) is 0 Å². The summed E-state index contributed by atoms with van der Waals surface area (Å²) in [5.74, 6) is -0.385. The molecule has 0 N–H and O–H groups in total. The fourth-order valence-corrected chi connectivity index (χ4v) is 6.41. The lowest BCUT2D eigenvalue weighted by Crippen LogP contribution is -2.36. The number of sulfonamides is 1. The first-order chi connectivity index (χ1) is 15.3. The normalized spacial score (nSPS) is 17.5. The van der Waals surface area contributed by atoms with E-state index in [4.69, 9.17) is 4.74 Å². The van der Waals surface area contributed by atoms with Crippen molar-refractivity contribution in [2.75, 3.05) is 31.6 Å². The van der Waals surface area contributed by atoms with Crippen LogP contribution in [0.3, 0.4) is 0 Å². The average molecular weight is 461 g/mol. The number of benzene rings is 2. The van der Waals surface area contributed by atoms with Crippen LogP contribution < -0.4 is 9.64 Å². The Bertz CT molecular complexity index is 1130. The highest BCUT2D eigenvalue weighted by molar-refractivity contribution is 7.89. The minimum Gasteiger partial charge on any atom is -0.495 e. The first-order valence-corrected chi connectivity index (χ1v) is 12.6. The number of hydrogen-bond donors (Lipinski definition) is 0. The van der Waals surface area contributed by atoms with Crippen molar-refractivity contribution >= 4 is 21.6 Å². The highest BCUT2D eigenvalue weighted by Crippen LogP contribution is 2.34. The van der Waals surface area contributed by atoms with Crippen molar-refractivity contribution in [2.24, 2.45) is 0 Å². The third-order valence-corrected chi connectivity index (χ3v) is 8.20. The van der Waals surface area contributed by atoms with Crippen molar-refractivity contribution in [3.63, 3.8) is 0 Å². The Kier molecular flexibility index (Phi) is 6.53. The number of hydrogen-bond acceptors (Lipinski definition) is 4. The van der Waals surface area contributed by atoms with E-state index >= 15 is 0 Å². The van der Waals surface area contributed by atoms with E-state index in [0.29, 0.717) is 31.6 Å². The highest BCUT2D eigenvalue weighted by Gasteiger charge is 2.31. The highest BCUT2D eigenvalue weighted by atomic mass is 32.2. The van der Waals surface area contributed by atoms with Crippen LogP contribution in [-0.4, -0.2) is 45.4 Å². The van der Waals surface area contributed by atoms with Gasteiger partial charge in [-0.3, -0.25) is 4.79 Å². The maximum Gasteiger partial charge on any atom is 0.258 e. The Labute approximate surface area is 189 Å². The third-order valence-electron chi connectivity index (χ3n) is 6.28. The Balaban J connectivity index is 1.73. The molecule has 0 aliphatic carbocycles. The maximum absolute atomic E-state index is 13.9. The first kappa shape index (κ1) is 22.7. The van der Waals surface area contributed by atoms with Gasteiger partial charge in [-0.05, 0) is 74.1 Å². The van der Waals surface area contributed by atoms with Crippen LogP contribution in [0.4, 0.5) is 10.1 Å². The number of rotatable bonds is 4. The Morgan fingerprint density at radius 3 is 2.41 bits per heavy atom. The van der Waals surface area contributed by atoms with E-state index in [2.05, 4.69) is 0 Å². The number of ether oxygens (including phenoxy) is 1. The number of carbonyl (C=O) groups is 1. The minimum absolute atomic E-state index is 0.0146. The zero-order valence-corrected chi connectivity index (χ0v) is 19.4. The van der Waals surface area contributed by atoms with Gasteiger partial charge in [0.2, 0.25) is 10.0 Å². The van der Waals surface area contributed by atoms with E-state index in [-0.39, 0.29) is 27.9 Å². The molecule has 6 nitrogen and oxygen atoms in total.